The number of hydrogen-bond acceptors (Lipinski definition) is 3. The topological polar surface area (TPSA) is 15.3 Å². The van der Waals surface area contributed by atoms with E-state index in [-0.39, 0.29) is 0 Å². The predicted octanol–water partition coefficient (Wildman–Crippen LogP) is 12.1. The van der Waals surface area contributed by atoms with E-state index < -0.39 is 0 Å². The van der Waals surface area contributed by atoms with Crippen LogP contribution in [-0.4, -0.2) is 0 Å². The van der Waals surface area contributed by atoms with Crippen LogP contribution in [0.3, 0.4) is 0 Å². The molecule has 1 aliphatic rings. The highest BCUT2D eigenvalue weighted by molar-refractivity contribution is 7.19. The molecule has 0 radical (unpaired) electrons. The Morgan fingerprint density at radius 1 is 0.522 bits per heavy atom. The van der Waals surface area contributed by atoms with E-state index in [1.165, 1.54) is 70.0 Å². The van der Waals surface area contributed by atoms with Crippen molar-refractivity contribution in [3.05, 3.63) is 168 Å². The Kier molecular flexibility index (Phi) is 6.43. The monoisotopic (exact) mass is 606 g/mol. The molecule has 0 amide bonds. The Balaban J connectivity index is 1.17. The van der Waals surface area contributed by atoms with Crippen molar-refractivity contribution in [1.82, 2.24) is 5.32 Å². The van der Waals surface area contributed by atoms with Gasteiger partial charge in [-0.05, 0) is 98.5 Å². The van der Waals surface area contributed by atoms with Crippen LogP contribution in [0.15, 0.2) is 158 Å². The van der Waals surface area contributed by atoms with Gasteiger partial charge in [-0.25, -0.2) is 0 Å². The lowest BCUT2D eigenvalue weighted by Gasteiger charge is -2.27. The summed E-state index contributed by atoms with van der Waals surface area (Å²) < 4.78 is 1.31. The molecule has 218 valence electrons. The van der Waals surface area contributed by atoms with Crippen LogP contribution >= 0.6 is 11.3 Å². The van der Waals surface area contributed by atoms with Crippen molar-refractivity contribution < 1.29 is 0 Å². The molecule has 1 aliphatic heterocycles. The first-order valence-corrected chi connectivity index (χ1v) is 16.5. The molecular weight excluding hydrogens is 577 g/mol. The van der Waals surface area contributed by atoms with Crippen LogP contribution in [0.4, 0.5) is 17.1 Å². The normalized spacial score (nSPS) is 12.3. The van der Waals surface area contributed by atoms with E-state index in [1.807, 2.05) is 11.3 Å². The van der Waals surface area contributed by atoms with E-state index in [9.17, 15) is 0 Å². The molecule has 1 aromatic heterocycles. The summed E-state index contributed by atoms with van der Waals surface area (Å²) in [6.45, 7) is 0.867. The van der Waals surface area contributed by atoms with Crippen molar-refractivity contribution in [1.29, 1.82) is 0 Å². The third kappa shape index (κ3) is 4.56. The molecule has 0 saturated heterocycles. The molecule has 3 heteroatoms. The summed E-state index contributed by atoms with van der Waals surface area (Å²) in [5.74, 6) is 0. The predicted molar refractivity (Wildman–Crippen MR) is 198 cm³/mol. The van der Waals surface area contributed by atoms with Gasteiger partial charge in [-0.15, -0.1) is 11.3 Å². The molecule has 0 saturated carbocycles. The first-order chi connectivity index (χ1) is 22.8. The van der Waals surface area contributed by atoms with E-state index in [0.717, 1.165) is 17.9 Å². The third-order valence-corrected chi connectivity index (χ3v) is 10.3. The Morgan fingerprint density at radius 3 is 1.93 bits per heavy atom. The number of nitrogens with one attached hydrogen (secondary N) is 1. The Morgan fingerprint density at radius 2 is 1.15 bits per heavy atom. The molecule has 2 heterocycles. The van der Waals surface area contributed by atoms with Gasteiger partial charge in [-0.2, -0.15) is 0 Å². The Bertz CT molecular complexity index is 2400. The molecule has 9 rings (SSSR count). The zero-order valence-corrected chi connectivity index (χ0v) is 26.0. The number of nitrogens with zero attached hydrogens (tertiary/aromatic N) is 1. The largest absolute Gasteiger partial charge is 0.386 e. The molecule has 0 aliphatic carbocycles. The molecule has 7 aromatic carbocycles. The average molecular weight is 607 g/mol. The number of benzene rings is 7. The number of anilines is 3. The summed E-state index contributed by atoms with van der Waals surface area (Å²) in [6.07, 6.45) is 4.30. The number of rotatable bonds is 5. The Labute approximate surface area is 272 Å². The van der Waals surface area contributed by atoms with E-state index in [1.54, 1.807) is 0 Å². The van der Waals surface area contributed by atoms with Crippen LogP contribution in [0, 0.1) is 0 Å². The van der Waals surface area contributed by atoms with Crippen molar-refractivity contribution in [2.45, 2.75) is 6.54 Å². The minimum atomic E-state index is 0.867. The maximum absolute atomic E-state index is 3.39. The summed E-state index contributed by atoms with van der Waals surface area (Å²) in [5.41, 5.74) is 9.64. The summed E-state index contributed by atoms with van der Waals surface area (Å²) in [4.78, 5) is 3.79. The van der Waals surface area contributed by atoms with Crippen LogP contribution in [0.2, 0.25) is 0 Å². The third-order valence-electron chi connectivity index (χ3n) is 9.12. The molecule has 8 aromatic rings. The maximum atomic E-state index is 3.39. The lowest BCUT2D eigenvalue weighted by Crippen LogP contribution is -2.11. The van der Waals surface area contributed by atoms with Gasteiger partial charge >= 0.3 is 0 Å². The summed E-state index contributed by atoms with van der Waals surface area (Å²) in [7, 11) is 0. The molecule has 46 heavy (non-hydrogen) atoms. The van der Waals surface area contributed by atoms with E-state index >= 15 is 0 Å². The second-order valence-electron chi connectivity index (χ2n) is 11.8. The van der Waals surface area contributed by atoms with Gasteiger partial charge in [-0.1, -0.05) is 109 Å². The van der Waals surface area contributed by atoms with E-state index in [4.69, 9.17) is 0 Å². The van der Waals surface area contributed by atoms with Gasteiger partial charge < -0.3 is 10.2 Å². The summed E-state index contributed by atoms with van der Waals surface area (Å²) in [5, 5.41) is 9.81. The van der Waals surface area contributed by atoms with E-state index in [0.29, 0.717) is 0 Å². The zero-order valence-electron chi connectivity index (χ0n) is 25.2. The molecular formula is C43H30N2S. The number of thiophene rings is 1. The van der Waals surface area contributed by atoms with Crippen LogP contribution < -0.4 is 10.2 Å². The molecule has 2 nitrogen and oxygen atoms in total. The van der Waals surface area contributed by atoms with Crippen molar-refractivity contribution in [3.8, 4) is 22.3 Å². The fourth-order valence-corrected chi connectivity index (χ4v) is 8.00. The van der Waals surface area contributed by atoms with Crippen molar-refractivity contribution >= 4 is 66.1 Å². The van der Waals surface area contributed by atoms with Gasteiger partial charge in [0.05, 0.1) is 5.69 Å². The van der Waals surface area contributed by atoms with Crippen LogP contribution in [0.5, 0.6) is 0 Å². The molecule has 0 atom stereocenters. The minimum absolute atomic E-state index is 0.867. The van der Waals surface area contributed by atoms with E-state index in [2.05, 4.69) is 174 Å². The second-order valence-corrected chi connectivity index (χ2v) is 13.0. The van der Waals surface area contributed by atoms with Crippen LogP contribution in [0.1, 0.15) is 10.4 Å². The molecule has 0 bridgehead atoms. The highest BCUT2D eigenvalue weighted by Crippen LogP contribution is 2.45. The average Bonchev–Trinajstić information content (AvgIpc) is 3.52. The van der Waals surface area contributed by atoms with Gasteiger partial charge in [0.2, 0.25) is 0 Å². The van der Waals surface area contributed by atoms with Crippen molar-refractivity contribution in [2.24, 2.45) is 0 Å². The quantitative estimate of drug-likeness (QED) is 0.196. The first kappa shape index (κ1) is 26.7. The lowest BCUT2D eigenvalue weighted by molar-refractivity contribution is 0.878. The lowest BCUT2D eigenvalue weighted by atomic mass is 9.97. The number of hydrogen-bond donors (Lipinski definition) is 1. The van der Waals surface area contributed by atoms with Gasteiger partial charge in [0.25, 0.3) is 0 Å². The fraction of sp³-hybridized carbons (Fsp3) is 0.0233. The van der Waals surface area contributed by atoms with Gasteiger partial charge in [0.15, 0.2) is 0 Å². The second kappa shape index (κ2) is 11.1. The van der Waals surface area contributed by atoms with Crippen molar-refractivity contribution in [2.75, 3.05) is 4.90 Å². The van der Waals surface area contributed by atoms with Gasteiger partial charge in [-0.3, -0.25) is 0 Å². The highest BCUT2D eigenvalue weighted by atomic mass is 32.1. The first-order valence-electron chi connectivity index (χ1n) is 15.7. The smallest absolute Gasteiger partial charge is 0.0554 e. The minimum Gasteiger partial charge on any atom is -0.386 e. The molecule has 0 unspecified atom stereocenters. The molecule has 0 spiro atoms. The maximum Gasteiger partial charge on any atom is 0.0554 e. The summed E-state index contributed by atoms with van der Waals surface area (Å²) in [6, 6.07) is 55.2. The van der Waals surface area contributed by atoms with Crippen molar-refractivity contribution in [3.63, 3.8) is 0 Å². The molecule has 1 N–H and O–H groups in total. The fourth-order valence-electron chi connectivity index (χ4n) is 6.84. The highest BCUT2D eigenvalue weighted by Gasteiger charge is 2.21. The van der Waals surface area contributed by atoms with Gasteiger partial charge in [0.1, 0.15) is 0 Å². The zero-order chi connectivity index (χ0) is 30.5. The Hall–Kier alpha value is -5.64. The van der Waals surface area contributed by atoms with Crippen LogP contribution in [-0.2, 0) is 6.54 Å². The van der Waals surface area contributed by atoms with Gasteiger partial charge in [0, 0.05) is 38.4 Å². The number of fused-ring (bicyclic) bond motifs is 6. The summed E-state index contributed by atoms with van der Waals surface area (Å²) >= 11 is 1.88. The van der Waals surface area contributed by atoms with Crippen LogP contribution in [0.25, 0.3) is 60.0 Å². The molecule has 0 fully saturated rings. The SMILES string of the molecule is C1=Cc2c(sc3cccc(N(c4ccc(-c5ccccc5)cc4)c4ccc(-c5ccc6ccc7ccccc7c6c5)cc4)c23)CN1. The standard InChI is InChI=1S/C43H30N2S/c1-2-7-29(8-3-1)30-17-21-35(22-18-30)45(40-11-6-12-41-43(40)38-25-26-44-28-42(38)46-41)36-23-19-31(20-24-36)34-16-15-33-14-13-32-9-4-5-10-37(32)39(33)27-34/h1-27,44H,28H2.